The number of ether oxygens (including phenoxy) is 1. The standard InChI is InChI=1S/C16H22ClNO3/c1-4-21-15(19)9-10-18(16(20)12(2)3)11-13-5-7-14(17)8-6-13/h5-8,12H,4,9-11H2,1-3H3. The summed E-state index contributed by atoms with van der Waals surface area (Å²) < 4.78 is 4.90. The Morgan fingerprint density at radius 3 is 2.38 bits per heavy atom. The quantitative estimate of drug-likeness (QED) is 0.726. The van der Waals surface area contributed by atoms with Gasteiger partial charge in [0.2, 0.25) is 5.91 Å². The SMILES string of the molecule is CCOC(=O)CCN(Cc1ccc(Cl)cc1)C(=O)C(C)C. The molecule has 4 nitrogen and oxygen atoms in total. The molecule has 116 valence electrons. The van der Waals surface area contributed by atoms with E-state index in [9.17, 15) is 9.59 Å². The molecule has 5 heteroatoms. The zero-order valence-electron chi connectivity index (χ0n) is 12.8. The van der Waals surface area contributed by atoms with Crippen LogP contribution in [0.1, 0.15) is 32.8 Å². The number of hydrogen-bond acceptors (Lipinski definition) is 3. The van der Waals surface area contributed by atoms with E-state index in [1.54, 1.807) is 24.0 Å². The van der Waals surface area contributed by atoms with Crippen LogP contribution >= 0.6 is 11.6 Å². The topological polar surface area (TPSA) is 46.6 Å². The number of amides is 1. The number of carbonyl (C=O) groups is 2. The summed E-state index contributed by atoms with van der Waals surface area (Å²) >= 11 is 5.86. The Morgan fingerprint density at radius 2 is 1.86 bits per heavy atom. The average molecular weight is 312 g/mol. The van der Waals surface area contributed by atoms with Crippen molar-refractivity contribution in [1.29, 1.82) is 0 Å². The molecule has 0 fully saturated rings. The van der Waals surface area contributed by atoms with Crippen molar-refractivity contribution in [2.45, 2.75) is 33.7 Å². The fraction of sp³-hybridized carbons (Fsp3) is 0.500. The summed E-state index contributed by atoms with van der Waals surface area (Å²) in [5, 5.41) is 0.659. The lowest BCUT2D eigenvalue weighted by molar-refractivity contribution is -0.144. The van der Waals surface area contributed by atoms with Crippen molar-refractivity contribution in [2.24, 2.45) is 5.92 Å². The summed E-state index contributed by atoms with van der Waals surface area (Å²) in [7, 11) is 0. The molecule has 0 saturated carbocycles. The van der Waals surface area contributed by atoms with Crippen molar-refractivity contribution >= 4 is 23.5 Å². The summed E-state index contributed by atoms with van der Waals surface area (Å²) in [6.45, 7) is 6.64. The molecule has 0 radical (unpaired) electrons. The zero-order chi connectivity index (χ0) is 15.8. The van der Waals surface area contributed by atoms with Crippen LogP contribution in [0.25, 0.3) is 0 Å². The molecule has 1 aromatic rings. The molecule has 0 unspecified atom stereocenters. The van der Waals surface area contributed by atoms with Crippen LogP contribution in [0.5, 0.6) is 0 Å². The average Bonchev–Trinajstić information content (AvgIpc) is 2.45. The monoisotopic (exact) mass is 311 g/mol. The van der Waals surface area contributed by atoms with Crippen molar-refractivity contribution in [2.75, 3.05) is 13.2 Å². The van der Waals surface area contributed by atoms with E-state index >= 15 is 0 Å². The molecule has 0 atom stereocenters. The van der Waals surface area contributed by atoms with Crippen LogP contribution in [-0.4, -0.2) is 29.9 Å². The number of halogens is 1. The maximum Gasteiger partial charge on any atom is 0.307 e. The molecule has 0 aliphatic heterocycles. The molecule has 21 heavy (non-hydrogen) atoms. The van der Waals surface area contributed by atoms with Crippen LogP contribution in [0.4, 0.5) is 0 Å². The first kappa shape index (κ1) is 17.5. The number of esters is 1. The smallest absolute Gasteiger partial charge is 0.307 e. The van der Waals surface area contributed by atoms with E-state index in [1.807, 2.05) is 26.0 Å². The third-order valence-electron chi connectivity index (χ3n) is 2.98. The van der Waals surface area contributed by atoms with Gasteiger partial charge in [-0.2, -0.15) is 0 Å². The number of nitrogens with zero attached hydrogens (tertiary/aromatic N) is 1. The Balaban J connectivity index is 2.70. The van der Waals surface area contributed by atoms with Crippen LogP contribution in [0.15, 0.2) is 24.3 Å². The Morgan fingerprint density at radius 1 is 1.24 bits per heavy atom. The van der Waals surface area contributed by atoms with E-state index in [1.165, 1.54) is 0 Å². The Bertz CT molecular complexity index is 471. The maximum atomic E-state index is 12.2. The van der Waals surface area contributed by atoms with Gasteiger partial charge in [0, 0.05) is 24.0 Å². The molecule has 0 heterocycles. The van der Waals surface area contributed by atoms with Crippen molar-refractivity contribution in [3.8, 4) is 0 Å². The van der Waals surface area contributed by atoms with Crippen molar-refractivity contribution in [1.82, 2.24) is 4.90 Å². The van der Waals surface area contributed by atoms with Gasteiger partial charge in [-0.3, -0.25) is 9.59 Å². The van der Waals surface area contributed by atoms with E-state index in [0.29, 0.717) is 24.7 Å². The van der Waals surface area contributed by atoms with Crippen LogP contribution in [-0.2, 0) is 20.9 Å². The second-order valence-corrected chi connectivity index (χ2v) is 5.53. The molecular weight excluding hydrogens is 290 g/mol. The van der Waals surface area contributed by atoms with Crippen LogP contribution in [0.3, 0.4) is 0 Å². The molecule has 0 saturated heterocycles. The third-order valence-corrected chi connectivity index (χ3v) is 3.24. The lowest BCUT2D eigenvalue weighted by atomic mass is 10.1. The van der Waals surface area contributed by atoms with E-state index in [-0.39, 0.29) is 24.2 Å². The summed E-state index contributed by atoms with van der Waals surface area (Å²) in [4.78, 5) is 25.4. The van der Waals surface area contributed by atoms with Gasteiger partial charge in [-0.1, -0.05) is 37.6 Å². The Kier molecular flexibility index (Phi) is 7.23. The molecular formula is C16H22ClNO3. The van der Waals surface area contributed by atoms with Crippen molar-refractivity contribution in [3.63, 3.8) is 0 Å². The molecule has 0 aromatic heterocycles. The fourth-order valence-corrected chi connectivity index (χ4v) is 2.03. The van der Waals surface area contributed by atoms with Crippen molar-refractivity contribution in [3.05, 3.63) is 34.9 Å². The predicted molar refractivity (Wildman–Crippen MR) is 83.0 cm³/mol. The minimum absolute atomic E-state index is 0.0225. The maximum absolute atomic E-state index is 12.2. The van der Waals surface area contributed by atoms with Gasteiger partial charge in [-0.25, -0.2) is 0 Å². The summed E-state index contributed by atoms with van der Waals surface area (Å²) in [5.74, 6) is -0.371. The van der Waals surface area contributed by atoms with Gasteiger partial charge in [0.15, 0.2) is 0 Å². The first-order chi connectivity index (χ1) is 9.93. The number of rotatable bonds is 7. The summed E-state index contributed by atoms with van der Waals surface area (Å²) in [6, 6.07) is 7.35. The highest BCUT2D eigenvalue weighted by molar-refractivity contribution is 6.30. The lowest BCUT2D eigenvalue weighted by Crippen LogP contribution is -2.35. The van der Waals surface area contributed by atoms with Crippen LogP contribution < -0.4 is 0 Å². The normalized spacial score (nSPS) is 10.5. The number of hydrogen-bond donors (Lipinski definition) is 0. The van der Waals surface area contributed by atoms with E-state index in [4.69, 9.17) is 16.3 Å². The van der Waals surface area contributed by atoms with Gasteiger partial charge in [0.1, 0.15) is 0 Å². The lowest BCUT2D eigenvalue weighted by Gasteiger charge is -2.24. The predicted octanol–water partition coefficient (Wildman–Crippen LogP) is 3.28. The third kappa shape index (κ3) is 6.17. The number of benzene rings is 1. The second-order valence-electron chi connectivity index (χ2n) is 5.10. The van der Waals surface area contributed by atoms with Gasteiger partial charge in [0.25, 0.3) is 0 Å². The highest BCUT2D eigenvalue weighted by atomic mass is 35.5. The van der Waals surface area contributed by atoms with E-state index < -0.39 is 0 Å². The van der Waals surface area contributed by atoms with Crippen LogP contribution in [0, 0.1) is 5.92 Å². The molecule has 0 N–H and O–H groups in total. The molecule has 1 amide bonds. The molecule has 1 aromatic carbocycles. The van der Waals surface area contributed by atoms with Crippen molar-refractivity contribution < 1.29 is 14.3 Å². The molecule has 0 spiro atoms. The summed E-state index contributed by atoms with van der Waals surface area (Å²) in [5.41, 5.74) is 0.984. The van der Waals surface area contributed by atoms with Gasteiger partial charge in [-0.15, -0.1) is 0 Å². The largest absolute Gasteiger partial charge is 0.466 e. The molecule has 0 aliphatic rings. The second kappa shape index (κ2) is 8.67. The van der Waals surface area contributed by atoms with Gasteiger partial charge < -0.3 is 9.64 Å². The van der Waals surface area contributed by atoms with Gasteiger partial charge in [0.05, 0.1) is 13.0 Å². The zero-order valence-corrected chi connectivity index (χ0v) is 13.5. The number of carbonyl (C=O) groups excluding carboxylic acids is 2. The van der Waals surface area contributed by atoms with E-state index in [0.717, 1.165) is 5.56 Å². The molecule has 0 aliphatic carbocycles. The fourth-order valence-electron chi connectivity index (χ4n) is 1.90. The Labute approximate surface area is 131 Å². The van der Waals surface area contributed by atoms with Gasteiger partial charge >= 0.3 is 5.97 Å². The highest BCUT2D eigenvalue weighted by Gasteiger charge is 2.18. The first-order valence-corrected chi connectivity index (χ1v) is 7.50. The van der Waals surface area contributed by atoms with Gasteiger partial charge in [-0.05, 0) is 24.6 Å². The minimum Gasteiger partial charge on any atom is -0.466 e. The summed E-state index contributed by atoms with van der Waals surface area (Å²) in [6.07, 6.45) is 0.208. The van der Waals surface area contributed by atoms with Crippen LogP contribution in [0.2, 0.25) is 5.02 Å². The molecule has 1 rings (SSSR count). The first-order valence-electron chi connectivity index (χ1n) is 7.13. The Hall–Kier alpha value is -1.55. The molecule has 0 bridgehead atoms. The van der Waals surface area contributed by atoms with E-state index in [2.05, 4.69) is 0 Å². The minimum atomic E-state index is -0.282. The highest BCUT2D eigenvalue weighted by Crippen LogP contribution is 2.13.